The summed E-state index contributed by atoms with van der Waals surface area (Å²) in [7, 11) is -3.19. The van der Waals surface area contributed by atoms with Crippen molar-refractivity contribution in [1.82, 2.24) is 8.87 Å². The zero-order chi connectivity index (χ0) is 17.8. The lowest BCUT2D eigenvalue weighted by molar-refractivity contribution is 0.187. The normalized spacial score (nSPS) is 23.3. The van der Waals surface area contributed by atoms with Crippen LogP contribution < -0.4 is 5.56 Å². The summed E-state index contributed by atoms with van der Waals surface area (Å²) in [5.41, 5.74) is 3.78. The van der Waals surface area contributed by atoms with E-state index in [4.69, 9.17) is 0 Å². The van der Waals surface area contributed by atoms with Crippen LogP contribution in [-0.4, -0.2) is 36.6 Å². The van der Waals surface area contributed by atoms with Gasteiger partial charge in [-0.1, -0.05) is 24.3 Å². The van der Waals surface area contributed by atoms with Crippen LogP contribution in [-0.2, 0) is 16.6 Å². The van der Waals surface area contributed by atoms with Crippen LogP contribution in [0.25, 0.3) is 11.1 Å². The summed E-state index contributed by atoms with van der Waals surface area (Å²) in [5.74, 6) is 0.298. The molecule has 2 aliphatic rings. The van der Waals surface area contributed by atoms with Crippen molar-refractivity contribution < 1.29 is 8.42 Å². The number of hydrogen-bond donors (Lipinski definition) is 0. The molecule has 0 saturated carbocycles. The van der Waals surface area contributed by atoms with Gasteiger partial charge in [-0.3, -0.25) is 4.79 Å². The molecule has 2 aliphatic heterocycles. The number of sulfonamides is 1. The first-order chi connectivity index (χ1) is 11.8. The van der Waals surface area contributed by atoms with Crippen molar-refractivity contribution in [2.45, 2.75) is 25.8 Å². The second kappa shape index (κ2) is 5.81. The topological polar surface area (TPSA) is 59.4 Å². The Kier molecular flexibility index (Phi) is 3.85. The lowest BCUT2D eigenvalue weighted by atomic mass is 9.83. The molecule has 25 heavy (non-hydrogen) atoms. The van der Waals surface area contributed by atoms with Gasteiger partial charge in [0.1, 0.15) is 0 Å². The van der Waals surface area contributed by atoms with Gasteiger partial charge in [0, 0.05) is 36.8 Å². The average Bonchev–Trinajstić information content (AvgIpc) is 2.56. The summed E-state index contributed by atoms with van der Waals surface area (Å²) in [5, 5.41) is 0. The van der Waals surface area contributed by atoms with E-state index in [1.807, 2.05) is 47.9 Å². The zero-order valence-electron chi connectivity index (χ0n) is 14.5. The second-order valence-electron chi connectivity index (χ2n) is 7.28. The van der Waals surface area contributed by atoms with Crippen molar-refractivity contribution >= 4 is 10.0 Å². The van der Waals surface area contributed by atoms with Gasteiger partial charge in [-0.2, -0.15) is 0 Å². The molecule has 2 atom stereocenters. The number of pyridine rings is 1. The Morgan fingerprint density at radius 1 is 1.00 bits per heavy atom. The molecule has 2 bridgehead atoms. The third-order valence-electron chi connectivity index (χ3n) is 5.48. The highest BCUT2D eigenvalue weighted by molar-refractivity contribution is 7.88. The molecule has 0 N–H and O–H groups in total. The Labute approximate surface area is 148 Å². The predicted molar refractivity (Wildman–Crippen MR) is 98.1 cm³/mol. The minimum Gasteiger partial charge on any atom is -0.311 e. The molecule has 1 aromatic heterocycles. The van der Waals surface area contributed by atoms with E-state index >= 15 is 0 Å². The molecule has 4 rings (SSSR count). The molecule has 132 valence electrons. The Morgan fingerprint density at radius 3 is 2.48 bits per heavy atom. The Balaban J connectivity index is 1.79. The summed E-state index contributed by atoms with van der Waals surface area (Å²) >= 11 is 0. The van der Waals surface area contributed by atoms with E-state index in [2.05, 4.69) is 0 Å². The maximum atomic E-state index is 13.1. The number of hydrogen-bond acceptors (Lipinski definition) is 3. The summed E-state index contributed by atoms with van der Waals surface area (Å²) in [6.45, 7) is 3.59. The first-order valence-electron chi connectivity index (χ1n) is 8.59. The van der Waals surface area contributed by atoms with Gasteiger partial charge in [0.15, 0.2) is 0 Å². The minimum atomic E-state index is -3.19. The molecule has 6 heteroatoms. The fourth-order valence-electron chi connectivity index (χ4n) is 4.25. The largest absolute Gasteiger partial charge is 0.311 e. The molecule has 0 unspecified atom stereocenters. The molecular weight excluding hydrogens is 336 g/mol. The maximum absolute atomic E-state index is 13.1. The van der Waals surface area contributed by atoms with Crippen molar-refractivity contribution in [2.75, 3.05) is 19.3 Å². The molecule has 2 aromatic rings. The van der Waals surface area contributed by atoms with Gasteiger partial charge in [0.05, 0.1) is 6.26 Å². The van der Waals surface area contributed by atoms with Crippen LogP contribution in [0.2, 0.25) is 0 Å². The van der Waals surface area contributed by atoms with Gasteiger partial charge in [0.2, 0.25) is 10.0 Å². The standard InChI is InChI=1S/C19H22N2O3S/c1-13-5-3-4-6-16(13)17-7-8-18-15-9-14(11-21(18)19(17)22)10-20(12-15)25(2,23)24/h3-8,14-15H,9-12H2,1-2H3/t14-,15-/m1/s1. The van der Waals surface area contributed by atoms with Crippen LogP contribution in [0.5, 0.6) is 0 Å². The zero-order valence-corrected chi connectivity index (χ0v) is 15.3. The van der Waals surface area contributed by atoms with Crippen LogP contribution in [0.15, 0.2) is 41.2 Å². The second-order valence-corrected chi connectivity index (χ2v) is 9.26. The highest BCUT2D eigenvalue weighted by Gasteiger charge is 2.37. The third kappa shape index (κ3) is 2.83. The SMILES string of the molecule is Cc1ccccc1-c1ccc2n(c1=O)C[C@@H]1C[C@@H]2CN(S(C)(=O)=O)C1. The molecule has 0 radical (unpaired) electrons. The molecule has 0 amide bonds. The molecule has 3 heterocycles. The third-order valence-corrected chi connectivity index (χ3v) is 6.71. The van der Waals surface area contributed by atoms with Gasteiger partial charge >= 0.3 is 0 Å². The summed E-state index contributed by atoms with van der Waals surface area (Å²) < 4.78 is 27.3. The Bertz CT molecular complexity index is 994. The smallest absolute Gasteiger partial charge is 0.258 e. The van der Waals surface area contributed by atoms with Crippen molar-refractivity contribution in [3.8, 4) is 11.1 Å². The minimum absolute atomic E-state index is 0.0364. The number of aromatic nitrogens is 1. The van der Waals surface area contributed by atoms with Crippen LogP contribution >= 0.6 is 0 Å². The highest BCUT2D eigenvalue weighted by Crippen LogP contribution is 2.36. The number of piperidine rings is 1. The molecule has 1 saturated heterocycles. The number of aryl methyl sites for hydroxylation is 1. The van der Waals surface area contributed by atoms with E-state index in [1.54, 1.807) is 4.31 Å². The fourth-order valence-corrected chi connectivity index (χ4v) is 5.19. The van der Waals surface area contributed by atoms with Gasteiger partial charge in [-0.15, -0.1) is 0 Å². The van der Waals surface area contributed by atoms with Gasteiger partial charge < -0.3 is 4.57 Å². The van der Waals surface area contributed by atoms with Crippen molar-refractivity contribution in [2.24, 2.45) is 5.92 Å². The van der Waals surface area contributed by atoms with E-state index in [-0.39, 0.29) is 17.4 Å². The summed E-state index contributed by atoms with van der Waals surface area (Å²) in [6, 6.07) is 11.8. The van der Waals surface area contributed by atoms with E-state index < -0.39 is 10.0 Å². The highest BCUT2D eigenvalue weighted by atomic mass is 32.2. The monoisotopic (exact) mass is 358 g/mol. The predicted octanol–water partition coefficient (Wildman–Crippen LogP) is 2.20. The number of fused-ring (bicyclic) bond motifs is 4. The number of rotatable bonds is 2. The molecule has 0 aliphatic carbocycles. The van der Waals surface area contributed by atoms with Crippen LogP contribution in [0, 0.1) is 12.8 Å². The molecule has 0 spiro atoms. The number of benzene rings is 1. The van der Waals surface area contributed by atoms with Crippen molar-refractivity contribution in [3.63, 3.8) is 0 Å². The average molecular weight is 358 g/mol. The van der Waals surface area contributed by atoms with E-state index in [1.165, 1.54) is 6.26 Å². The van der Waals surface area contributed by atoms with Gasteiger partial charge in [-0.05, 0) is 42.5 Å². The maximum Gasteiger partial charge on any atom is 0.258 e. The van der Waals surface area contributed by atoms with E-state index in [9.17, 15) is 13.2 Å². The first kappa shape index (κ1) is 16.5. The van der Waals surface area contributed by atoms with E-state index in [0.717, 1.165) is 28.8 Å². The van der Waals surface area contributed by atoms with Crippen LogP contribution in [0.4, 0.5) is 0 Å². The summed E-state index contributed by atoms with van der Waals surface area (Å²) in [6.07, 6.45) is 2.22. The Morgan fingerprint density at radius 2 is 1.76 bits per heavy atom. The lowest BCUT2D eigenvalue weighted by Crippen LogP contribution is -2.48. The van der Waals surface area contributed by atoms with Gasteiger partial charge in [-0.25, -0.2) is 12.7 Å². The first-order valence-corrected chi connectivity index (χ1v) is 10.4. The Hall–Kier alpha value is -1.92. The molecular formula is C19H22N2O3S. The van der Waals surface area contributed by atoms with Crippen LogP contribution in [0.3, 0.4) is 0 Å². The molecule has 5 nitrogen and oxygen atoms in total. The fraction of sp³-hybridized carbons (Fsp3) is 0.421. The number of nitrogens with zero attached hydrogens (tertiary/aromatic N) is 2. The summed E-state index contributed by atoms with van der Waals surface area (Å²) in [4.78, 5) is 13.1. The lowest BCUT2D eigenvalue weighted by Gasteiger charge is -2.41. The van der Waals surface area contributed by atoms with Crippen molar-refractivity contribution in [1.29, 1.82) is 0 Å². The van der Waals surface area contributed by atoms with E-state index in [0.29, 0.717) is 19.6 Å². The van der Waals surface area contributed by atoms with Crippen LogP contribution in [0.1, 0.15) is 23.6 Å². The molecule has 1 aromatic carbocycles. The molecule has 1 fully saturated rings. The van der Waals surface area contributed by atoms with Gasteiger partial charge in [0.25, 0.3) is 5.56 Å². The quantitative estimate of drug-likeness (QED) is 0.827. The van der Waals surface area contributed by atoms with Crippen molar-refractivity contribution in [3.05, 3.63) is 58.0 Å².